The van der Waals surface area contributed by atoms with Gasteiger partial charge in [-0.25, -0.2) is 0 Å². The summed E-state index contributed by atoms with van der Waals surface area (Å²) >= 11 is 1.93. The van der Waals surface area contributed by atoms with Gasteiger partial charge in [0.25, 0.3) is 0 Å². The van der Waals surface area contributed by atoms with Crippen LogP contribution in [0.2, 0.25) is 0 Å². The van der Waals surface area contributed by atoms with Crippen molar-refractivity contribution in [3.8, 4) is 11.1 Å². The topological polar surface area (TPSA) is 12.1 Å². The first-order valence-electron chi connectivity index (χ1n) is 23.5. The molecule has 4 heteroatoms. The molecule has 13 rings (SSSR count). The van der Waals surface area contributed by atoms with Crippen LogP contribution in [0.3, 0.4) is 0 Å². The predicted molar refractivity (Wildman–Crippen MR) is 287 cm³/mol. The molecular weight excluding hydrogens is 819 g/mol. The van der Waals surface area contributed by atoms with Crippen LogP contribution in [0.1, 0.15) is 79.0 Å². The van der Waals surface area contributed by atoms with E-state index in [1.165, 1.54) is 113 Å². The summed E-state index contributed by atoms with van der Waals surface area (Å²) in [6.07, 6.45) is 0. The van der Waals surface area contributed by atoms with Crippen LogP contribution in [0.4, 0.5) is 17.1 Å². The van der Waals surface area contributed by atoms with E-state index in [-0.39, 0.29) is 16.2 Å². The minimum Gasteiger partial charge on any atom is -0.311 e. The SMILES string of the molecule is CC(C)(C)c1cc(-c2ccc(N(c3ccccc3)c3ccccc3)cc2)c2c(c1)c1cc(C(C)(C)C)cc3c4c5c6cc(C(C)(C)C)cc7c8c9ccccc9sc8n(c5ccc4n2c13)c67. The van der Waals surface area contributed by atoms with E-state index in [0.29, 0.717) is 0 Å². The van der Waals surface area contributed by atoms with Gasteiger partial charge in [0.05, 0.1) is 27.6 Å². The van der Waals surface area contributed by atoms with Gasteiger partial charge in [-0.3, -0.25) is 4.40 Å². The van der Waals surface area contributed by atoms with Gasteiger partial charge in [-0.2, -0.15) is 0 Å². The first-order chi connectivity index (χ1) is 31.6. The second kappa shape index (κ2) is 13.4. The molecule has 0 N–H and O–H groups in total. The maximum absolute atomic E-state index is 2.64. The number of rotatable bonds is 4. The monoisotopic (exact) mass is 871 g/mol. The van der Waals surface area contributed by atoms with Crippen LogP contribution in [0.5, 0.6) is 0 Å². The Hall–Kier alpha value is -6.88. The van der Waals surface area contributed by atoms with Crippen molar-refractivity contribution in [2.45, 2.75) is 78.6 Å². The van der Waals surface area contributed by atoms with Crippen LogP contribution < -0.4 is 4.90 Å². The normalized spacial score (nSPS) is 13.2. The lowest BCUT2D eigenvalue weighted by atomic mass is 9.82. The average molecular weight is 872 g/mol. The predicted octanol–water partition coefficient (Wildman–Crippen LogP) is 18.2. The van der Waals surface area contributed by atoms with Crippen LogP contribution >= 0.6 is 11.3 Å². The molecule has 0 amide bonds. The van der Waals surface area contributed by atoms with Gasteiger partial charge in [-0.15, -0.1) is 11.3 Å². The van der Waals surface area contributed by atoms with E-state index in [9.17, 15) is 0 Å². The lowest BCUT2D eigenvalue weighted by Crippen LogP contribution is -2.11. The van der Waals surface area contributed by atoms with E-state index in [1.54, 1.807) is 0 Å². The highest BCUT2D eigenvalue weighted by Gasteiger charge is 2.30. The first kappa shape index (κ1) is 39.5. The zero-order valence-electron chi connectivity index (χ0n) is 39.3. The fourth-order valence-corrected chi connectivity index (χ4v) is 12.4. The zero-order valence-corrected chi connectivity index (χ0v) is 40.1. The van der Waals surface area contributed by atoms with Gasteiger partial charge in [-0.05, 0) is 129 Å². The van der Waals surface area contributed by atoms with Gasteiger partial charge >= 0.3 is 0 Å². The number of aromatic nitrogens is 2. The van der Waals surface area contributed by atoms with Crippen molar-refractivity contribution >= 4 is 114 Å². The molecule has 5 aromatic heterocycles. The summed E-state index contributed by atoms with van der Waals surface area (Å²) in [6, 6.07) is 59.6. The molecule has 0 aliphatic heterocycles. The Bertz CT molecular complexity index is 4030. The van der Waals surface area contributed by atoms with E-state index in [4.69, 9.17) is 0 Å². The van der Waals surface area contributed by atoms with Gasteiger partial charge in [0.1, 0.15) is 4.83 Å². The molecule has 322 valence electrons. The van der Waals surface area contributed by atoms with Gasteiger partial charge in [-0.1, -0.05) is 129 Å². The molecule has 0 unspecified atom stereocenters. The first-order valence-corrected chi connectivity index (χ1v) is 24.3. The molecule has 0 atom stereocenters. The summed E-state index contributed by atoms with van der Waals surface area (Å²) in [5, 5.41) is 12.2. The van der Waals surface area contributed by atoms with Crippen molar-refractivity contribution in [1.82, 2.24) is 8.80 Å². The molecule has 0 saturated carbocycles. The Kier molecular flexibility index (Phi) is 7.99. The number of fused-ring (bicyclic) bond motifs is 15. The maximum Gasteiger partial charge on any atom is 0.109 e. The second-order valence-corrected chi connectivity index (χ2v) is 22.9. The summed E-state index contributed by atoms with van der Waals surface area (Å²) in [7, 11) is 0. The van der Waals surface area contributed by atoms with Crippen molar-refractivity contribution < 1.29 is 0 Å². The van der Waals surface area contributed by atoms with Crippen LogP contribution in [0.25, 0.3) is 96.7 Å². The number of thiophene rings is 1. The standard InChI is InChI=1S/C62H53N3S/c1-60(2,3)37-30-44(36-24-26-42(27-25-36)63(40-18-12-10-13-19-40)41-20-14-11-15-21-41)56-45(31-37)46-32-38(61(4,5)6)34-48-54-50(64(56)57(46)48)28-29-51-55(54)49-35-39(62(7,8)9)33-47-53-43-22-16-17-23-52(43)66-59(53)65(51)58(47)49/h10-35H,1-9H3. The minimum atomic E-state index is -0.0586. The van der Waals surface area contributed by atoms with Crippen LogP contribution in [-0.2, 0) is 16.2 Å². The molecule has 8 aromatic carbocycles. The Morgan fingerprint density at radius 3 is 1.38 bits per heavy atom. The van der Waals surface area contributed by atoms with Crippen molar-refractivity contribution in [2.75, 3.05) is 4.90 Å². The Morgan fingerprint density at radius 2 is 0.818 bits per heavy atom. The highest BCUT2D eigenvalue weighted by molar-refractivity contribution is 7.25. The Morgan fingerprint density at radius 1 is 0.379 bits per heavy atom. The Balaban J connectivity index is 1.16. The van der Waals surface area contributed by atoms with Crippen molar-refractivity contribution in [2.24, 2.45) is 0 Å². The fourth-order valence-electron chi connectivity index (χ4n) is 11.2. The molecule has 0 bridgehead atoms. The molecule has 0 spiro atoms. The molecule has 13 aromatic rings. The largest absolute Gasteiger partial charge is 0.311 e. The number of anilines is 3. The van der Waals surface area contributed by atoms with Crippen LogP contribution in [-0.4, -0.2) is 8.80 Å². The number of para-hydroxylation sites is 2. The summed E-state index contributed by atoms with van der Waals surface area (Å²) in [6.45, 7) is 21.2. The maximum atomic E-state index is 2.64. The van der Waals surface area contributed by atoms with Crippen molar-refractivity contribution in [1.29, 1.82) is 0 Å². The third kappa shape index (κ3) is 5.48. The number of hydrogen-bond donors (Lipinski definition) is 0. The zero-order chi connectivity index (χ0) is 45.2. The van der Waals surface area contributed by atoms with Crippen LogP contribution in [0.15, 0.2) is 158 Å². The van der Waals surface area contributed by atoms with E-state index in [1.807, 2.05) is 11.3 Å². The summed E-state index contributed by atoms with van der Waals surface area (Å²) < 4.78 is 6.60. The molecule has 0 aliphatic rings. The minimum absolute atomic E-state index is 0.0268. The quantitative estimate of drug-likeness (QED) is 0.172. The number of benzene rings is 8. The molecule has 0 fully saturated rings. The molecule has 3 nitrogen and oxygen atoms in total. The summed E-state index contributed by atoms with van der Waals surface area (Å²) in [5.74, 6) is 0. The van der Waals surface area contributed by atoms with Gasteiger partial charge in [0.2, 0.25) is 0 Å². The molecule has 66 heavy (non-hydrogen) atoms. The molecule has 0 saturated heterocycles. The second-order valence-electron chi connectivity index (χ2n) is 21.9. The molecular formula is C62H53N3S. The van der Waals surface area contributed by atoms with Crippen molar-refractivity contribution in [3.63, 3.8) is 0 Å². The third-order valence-corrected chi connectivity index (χ3v) is 15.7. The molecule has 0 radical (unpaired) electrons. The highest BCUT2D eigenvalue weighted by Crippen LogP contribution is 2.52. The molecule has 0 aliphatic carbocycles. The number of nitrogens with zero attached hydrogens (tertiary/aromatic N) is 3. The van der Waals surface area contributed by atoms with E-state index >= 15 is 0 Å². The lowest BCUT2D eigenvalue weighted by molar-refractivity contribution is 0.591. The van der Waals surface area contributed by atoms with Gasteiger partial charge in [0, 0.05) is 75.8 Å². The van der Waals surface area contributed by atoms with Crippen molar-refractivity contribution in [3.05, 3.63) is 174 Å². The lowest BCUT2D eigenvalue weighted by Gasteiger charge is -2.26. The van der Waals surface area contributed by atoms with E-state index in [2.05, 4.69) is 234 Å². The third-order valence-electron chi connectivity index (χ3n) is 14.6. The smallest absolute Gasteiger partial charge is 0.109 e. The van der Waals surface area contributed by atoms with Gasteiger partial charge in [0.15, 0.2) is 0 Å². The van der Waals surface area contributed by atoms with E-state index in [0.717, 1.165) is 17.1 Å². The summed E-state index contributed by atoms with van der Waals surface area (Å²) in [4.78, 5) is 3.69. The van der Waals surface area contributed by atoms with Crippen LogP contribution in [0, 0.1) is 0 Å². The number of hydrogen-bond acceptors (Lipinski definition) is 2. The summed E-state index contributed by atoms with van der Waals surface area (Å²) in [5.41, 5.74) is 16.3. The Labute approximate surface area is 389 Å². The average Bonchev–Trinajstić information content (AvgIpc) is 4.09. The fraction of sp³-hybridized carbons (Fsp3) is 0.194. The van der Waals surface area contributed by atoms with Gasteiger partial charge < -0.3 is 9.30 Å². The van der Waals surface area contributed by atoms with E-state index < -0.39 is 0 Å². The highest BCUT2D eigenvalue weighted by atomic mass is 32.1. The molecule has 5 heterocycles.